The maximum Gasteiger partial charge on any atom is 0.253 e. The second-order valence-electron chi connectivity index (χ2n) is 8.28. The zero-order chi connectivity index (χ0) is 21.8. The molecule has 0 radical (unpaired) electrons. The number of ketones is 1. The molecule has 0 spiro atoms. The molecule has 0 aromatic heterocycles. The Morgan fingerprint density at radius 1 is 0.871 bits per heavy atom. The first-order valence-electron chi connectivity index (χ1n) is 10.7. The summed E-state index contributed by atoms with van der Waals surface area (Å²) < 4.78 is 12.3. The van der Waals surface area contributed by atoms with E-state index in [1.807, 2.05) is 42.5 Å². The molecule has 0 heterocycles. The van der Waals surface area contributed by atoms with Gasteiger partial charge < -0.3 is 9.16 Å². The van der Waals surface area contributed by atoms with Crippen LogP contribution in [0.3, 0.4) is 0 Å². The monoisotopic (exact) mass is 428 g/mol. The molecule has 1 aliphatic carbocycles. The number of hydrogen-bond donors (Lipinski definition) is 0. The number of ether oxygens (including phenoxy) is 1. The Morgan fingerprint density at radius 3 is 1.94 bits per heavy atom. The molecule has 0 saturated heterocycles. The molecule has 2 atom stereocenters. The molecule has 158 valence electrons. The number of methoxy groups -OCH3 is 1. The fraction of sp³-hybridized carbons (Fsp3) is 0.222. The molecular formula is C27H28O3Si. The summed E-state index contributed by atoms with van der Waals surface area (Å²) in [6.07, 6.45) is 2.27. The van der Waals surface area contributed by atoms with Gasteiger partial charge in [0.25, 0.3) is 8.32 Å². The molecule has 2 unspecified atom stereocenters. The van der Waals surface area contributed by atoms with Gasteiger partial charge in [-0.05, 0) is 46.6 Å². The van der Waals surface area contributed by atoms with E-state index in [0.717, 1.165) is 16.9 Å². The molecular weight excluding hydrogens is 400 g/mol. The highest BCUT2D eigenvalue weighted by Crippen LogP contribution is 2.34. The highest BCUT2D eigenvalue weighted by molar-refractivity contribution is 6.96. The third-order valence-electron chi connectivity index (χ3n) is 6.10. The van der Waals surface area contributed by atoms with E-state index in [9.17, 15) is 4.79 Å². The first kappa shape index (κ1) is 21.3. The van der Waals surface area contributed by atoms with Crippen molar-refractivity contribution < 1.29 is 14.0 Å². The minimum absolute atomic E-state index is 0.135. The van der Waals surface area contributed by atoms with Gasteiger partial charge in [0, 0.05) is 12.0 Å². The van der Waals surface area contributed by atoms with E-state index in [2.05, 4.69) is 62.0 Å². The van der Waals surface area contributed by atoms with Gasteiger partial charge in [-0.15, -0.1) is 0 Å². The van der Waals surface area contributed by atoms with Crippen LogP contribution in [-0.4, -0.2) is 27.3 Å². The fourth-order valence-corrected chi connectivity index (χ4v) is 7.40. The maximum atomic E-state index is 12.9. The van der Waals surface area contributed by atoms with Gasteiger partial charge in [0.2, 0.25) is 0 Å². The zero-order valence-electron chi connectivity index (χ0n) is 18.2. The van der Waals surface area contributed by atoms with E-state index in [1.54, 1.807) is 7.11 Å². The Kier molecular flexibility index (Phi) is 6.21. The van der Waals surface area contributed by atoms with Crippen LogP contribution in [0.4, 0.5) is 0 Å². The van der Waals surface area contributed by atoms with Crippen molar-refractivity contribution in [3.8, 4) is 5.75 Å². The third-order valence-corrected chi connectivity index (χ3v) is 9.70. The summed E-state index contributed by atoms with van der Waals surface area (Å²) in [4.78, 5) is 12.9. The number of hydrogen-bond acceptors (Lipinski definition) is 3. The van der Waals surface area contributed by atoms with Crippen molar-refractivity contribution in [1.29, 1.82) is 0 Å². The Hall–Kier alpha value is -2.95. The number of rotatable bonds is 6. The average Bonchev–Trinajstić information content (AvgIpc) is 3.07. The Bertz CT molecular complexity index is 1020. The van der Waals surface area contributed by atoms with Gasteiger partial charge in [-0.25, -0.2) is 0 Å². The molecule has 1 fully saturated rings. The summed E-state index contributed by atoms with van der Waals surface area (Å²) in [5.41, 5.74) is 1.75. The Balaban J connectivity index is 1.74. The lowest BCUT2D eigenvalue weighted by Gasteiger charge is -2.33. The van der Waals surface area contributed by atoms with Gasteiger partial charge in [0.15, 0.2) is 5.78 Å². The van der Waals surface area contributed by atoms with Gasteiger partial charge in [-0.3, -0.25) is 4.79 Å². The van der Waals surface area contributed by atoms with Gasteiger partial charge in [-0.2, -0.15) is 0 Å². The van der Waals surface area contributed by atoms with Gasteiger partial charge in [-0.1, -0.05) is 79.7 Å². The van der Waals surface area contributed by atoms with Crippen molar-refractivity contribution in [2.24, 2.45) is 5.92 Å². The lowest BCUT2D eigenvalue weighted by Crippen LogP contribution is -2.60. The van der Waals surface area contributed by atoms with E-state index in [4.69, 9.17) is 9.16 Å². The topological polar surface area (TPSA) is 35.5 Å². The predicted molar refractivity (Wildman–Crippen MR) is 128 cm³/mol. The van der Waals surface area contributed by atoms with E-state index in [1.165, 1.54) is 10.4 Å². The van der Waals surface area contributed by atoms with E-state index >= 15 is 0 Å². The first-order valence-corrected chi connectivity index (χ1v) is 13.1. The zero-order valence-corrected chi connectivity index (χ0v) is 19.2. The molecule has 3 nitrogen and oxygen atoms in total. The van der Waals surface area contributed by atoms with Gasteiger partial charge in [0.05, 0.1) is 13.2 Å². The molecule has 0 aliphatic heterocycles. The Labute approximate surface area is 185 Å². The summed E-state index contributed by atoms with van der Waals surface area (Å²) in [6.45, 7) is 4.35. The SMILES string of the molecule is COc1ccc(C=C2C(=O)CC(C)C2O[Si](C)(c2ccccc2)c2ccccc2)cc1. The molecule has 31 heavy (non-hydrogen) atoms. The van der Waals surface area contributed by atoms with Crippen molar-refractivity contribution in [2.45, 2.75) is 26.0 Å². The normalized spacial score (nSPS) is 20.2. The first-order chi connectivity index (χ1) is 15.0. The average molecular weight is 429 g/mol. The van der Waals surface area contributed by atoms with Crippen LogP contribution in [0.2, 0.25) is 6.55 Å². The van der Waals surface area contributed by atoms with Crippen LogP contribution >= 0.6 is 0 Å². The minimum Gasteiger partial charge on any atom is -0.497 e. The summed E-state index contributed by atoms with van der Waals surface area (Å²) in [6, 6.07) is 28.7. The Morgan fingerprint density at radius 2 is 1.42 bits per heavy atom. The van der Waals surface area contributed by atoms with Crippen LogP contribution in [0, 0.1) is 5.92 Å². The highest BCUT2D eigenvalue weighted by Gasteiger charge is 2.43. The smallest absolute Gasteiger partial charge is 0.253 e. The number of benzene rings is 3. The second-order valence-corrected chi connectivity index (χ2v) is 11.7. The summed E-state index contributed by atoms with van der Waals surface area (Å²) in [7, 11) is -0.874. The van der Waals surface area contributed by atoms with Gasteiger partial charge >= 0.3 is 0 Å². The molecule has 0 amide bonds. The summed E-state index contributed by atoms with van der Waals surface area (Å²) >= 11 is 0. The fourth-order valence-electron chi connectivity index (χ4n) is 4.27. The maximum absolute atomic E-state index is 12.9. The quantitative estimate of drug-likeness (QED) is 0.429. The van der Waals surface area contributed by atoms with Crippen LogP contribution in [0.5, 0.6) is 5.75 Å². The molecule has 4 rings (SSSR count). The van der Waals surface area contributed by atoms with Crippen molar-refractivity contribution in [3.05, 3.63) is 96.1 Å². The van der Waals surface area contributed by atoms with Crippen LogP contribution in [0.1, 0.15) is 18.9 Å². The number of carbonyl (C=O) groups excluding carboxylic acids is 1. The summed E-state index contributed by atoms with van der Waals surface area (Å²) in [5.74, 6) is 1.11. The van der Waals surface area contributed by atoms with Gasteiger partial charge in [0.1, 0.15) is 5.75 Å². The van der Waals surface area contributed by atoms with E-state index in [0.29, 0.717) is 6.42 Å². The van der Waals surface area contributed by atoms with Crippen molar-refractivity contribution in [3.63, 3.8) is 0 Å². The van der Waals surface area contributed by atoms with Crippen molar-refractivity contribution in [2.75, 3.05) is 7.11 Å². The molecule has 3 aromatic carbocycles. The molecule has 1 saturated carbocycles. The molecule has 0 bridgehead atoms. The van der Waals surface area contributed by atoms with E-state index in [-0.39, 0.29) is 17.8 Å². The molecule has 1 aliphatic rings. The molecule has 3 aromatic rings. The largest absolute Gasteiger partial charge is 0.497 e. The number of carbonyl (C=O) groups is 1. The number of Topliss-reactive ketones (excluding diaryl/α,β-unsaturated/α-hetero) is 1. The van der Waals surface area contributed by atoms with E-state index < -0.39 is 8.32 Å². The second kappa shape index (κ2) is 9.04. The standard InChI is InChI=1S/C27H28O3Si/c1-20-18-26(28)25(19-21-14-16-22(29-2)17-15-21)27(20)30-31(3,23-10-6-4-7-11-23)24-12-8-5-9-13-24/h4-17,19-20,27H,18H2,1-3H3. The predicted octanol–water partition coefficient (Wildman–Crippen LogP) is 4.46. The van der Waals surface area contributed by atoms with Crippen LogP contribution < -0.4 is 15.1 Å². The molecule has 0 N–H and O–H groups in total. The minimum atomic E-state index is -2.52. The third kappa shape index (κ3) is 4.41. The lowest BCUT2D eigenvalue weighted by atomic mass is 10.0. The van der Waals surface area contributed by atoms with Crippen molar-refractivity contribution in [1.82, 2.24) is 0 Å². The molecule has 4 heteroatoms. The summed E-state index contributed by atoms with van der Waals surface area (Å²) in [5, 5.41) is 2.41. The van der Waals surface area contributed by atoms with Crippen LogP contribution in [-0.2, 0) is 9.22 Å². The van der Waals surface area contributed by atoms with Crippen LogP contribution in [0.15, 0.2) is 90.5 Å². The van der Waals surface area contributed by atoms with Crippen molar-refractivity contribution >= 4 is 30.6 Å². The van der Waals surface area contributed by atoms with Crippen LogP contribution in [0.25, 0.3) is 6.08 Å². The lowest BCUT2D eigenvalue weighted by molar-refractivity contribution is -0.114. The highest BCUT2D eigenvalue weighted by atomic mass is 28.4.